The van der Waals surface area contributed by atoms with Crippen molar-refractivity contribution in [2.75, 3.05) is 13.2 Å². The van der Waals surface area contributed by atoms with Gasteiger partial charge in [0, 0.05) is 0 Å². The molecular formula is C21H40O4. The first-order chi connectivity index (χ1) is 11.0. The third-order valence-electron chi connectivity index (χ3n) is 3.83. The van der Waals surface area contributed by atoms with Gasteiger partial charge in [0.1, 0.15) is 0 Å². The molecule has 0 N–H and O–H groups in total. The highest BCUT2D eigenvalue weighted by Crippen LogP contribution is 2.38. The van der Waals surface area contributed by atoms with Crippen LogP contribution in [0.25, 0.3) is 0 Å². The van der Waals surface area contributed by atoms with Crippen molar-refractivity contribution in [1.29, 1.82) is 0 Å². The standard InChI is InChI=1S/C21H40O4/c1-14(2)15(17(22)24-12-19(3,4)5)16(21(9,10)11)18(23)25-13-20(6,7)8/h14-16H,12-13H2,1-11H3. The molecule has 0 aliphatic carbocycles. The van der Waals surface area contributed by atoms with Gasteiger partial charge in [-0.25, -0.2) is 0 Å². The van der Waals surface area contributed by atoms with Gasteiger partial charge in [0.2, 0.25) is 0 Å². The number of carbonyl (C=O) groups excluding carboxylic acids is 2. The first-order valence-electron chi connectivity index (χ1n) is 9.29. The highest BCUT2D eigenvalue weighted by atomic mass is 16.5. The molecule has 0 bridgehead atoms. The van der Waals surface area contributed by atoms with Crippen LogP contribution in [0.5, 0.6) is 0 Å². The SMILES string of the molecule is CC(C)C(C(=O)OCC(C)(C)C)C(C(=O)OCC(C)(C)C)C(C)(C)C. The summed E-state index contributed by atoms with van der Waals surface area (Å²) in [7, 11) is 0. The summed E-state index contributed by atoms with van der Waals surface area (Å²) in [6, 6.07) is 0. The smallest absolute Gasteiger partial charge is 0.310 e. The van der Waals surface area contributed by atoms with Crippen molar-refractivity contribution in [2.24, 2.45) is 34.0 Å². The van der Waals surface area contributed by atoms with Crippen LogP contribution in [0.1, 0.15) is 76.2 Å². The van der Waals surface area contributed by atoms with Gasteiger partial charge in [-0.2, -0.15) is 0 Å². The van der Waals surface area contributed by atoms with Crippen LogP contribution < -0.4 is 0 Å². The second kappa shape index (κ2) is 8.55. The molecule has 0 rings (SSSR count). The van der Waals surface area contributed by atoms with Gasteiger partial charge in [0.25, 0.3) is 0 Å². The van der Waals surface area contributed by atoms with E-state index in [1.165, 1.54) is 0 Å². The summed E-state index contributed by atoms with van der Waals surface area (Å²) >= 11 is 0. The van der Waals surface area contributed by atoms with Gasteiger partial charge >= 0.3 is 11.9 Å². The molecule has 4 nitrogen and oxygen atoms in total. The number of ether oxygens (including phenoxy) is 2. The summed E-state index contributed by atoms with van der Waals surface area (Å²) in [5, 5.41) is 0. The second-order valence-electron chi connectivity index (χ2n) is 11.0. The number of hydrogen-bond acceptors (Lipinski definition) is 4. The van der Waals surface area contributed by atoms with Gasteiger partial charge in [-0.3, -0.25) is 9.59 Å². The van der Waals surface area contributed by atoms with Crippen LogP contribution in [-0.4, -0.2) is 25.2 Å². The molecule has 0 fully saturated rings. The molecule has 148 valence electrons. The van der Waals surface area contributed by atoms with Crippen molar-refractivity contribution in [3.05, 3.63) is 0 Å². The predicted octanol–water partition coefficient (Wildman–Crippen LogP) is 5.10. The van der Waals surface area contributed by atoms with Gasteiger partial charge in [-0.05, 0) is 22.2 Å². The van der Waals surface area contributed by atoms with Gasteiger partial charge < -0.3 is 9.47 Å². The van der Waals surface area contributed by atoms with Gasteiger partial charge in [-0.15, -0.1) is 0 Å². The van der Waals surface area contributed by atoms with E-state index >= 15 is 0 Å². The van der Waals surface area contributed by atoms with E-state index in [9.17, 15) is 9.59 Å². The Morgan fingerprint density at radius 2 is 1.08 bits per heavy atom. The molecule has 0 aliphatic heterocycles. The van der Waals surface area contributed by atoms with Crippen LogP contribution in [-0.2, 0) is 19.1 Å². The van der Waals surface area contributed by atoms with E-state index in [2.05, 4.69) is 0 Å². The minimum atomic E-state index is -0.540. The van der Waals surface area contributed by atoms with E-state index in [-0.39, 0.29) is 28.7 Å². The molecule has 0 saturated carbocycles. The lowest BCUT2D eigenvalue weighted by atomic mass is 9.69. The normalized spacial score (nSPS) is 15.7. The molecule has 0 aromatic carbocycles. The Labute approximate surface area is 155 Å². The Kier molecular flexibility index (Phi) is 8.19. The summed E-state index contributed by atoms with van der Waals surface area (Å²) in [6.45, 7) is 22.6. The first-order valence-corrected chi connectivity index (χ1v) is 9.29. The maximum atomic E-state index is 12.9. The third kappa shape index (κ3) is 9.27. The lowest BCUT2D eigenvalue weighted by Gasteiger charge is -2.37. The van der Waals surface area contributed by atoms with E-state index < -0.39 is 17.3 Å². The largest absolute Gasteiger partial charge is 0.465 e. The van der Waals surface area contributed by atoms with Crippen LogP contribution in [0, 0.1) is 34.0 Å². The fourth-order valence-electron chi connectivity index (χ4n) is 2.59. The van der Waals surface area contributed by atoms with Crippen LogP contribution in [0.15, 0.2) is 0 Å². The van der Waals surface area contributed by atoms with E-state index in [1.807, 2.05) is 76.2 Å². The monoisotopic (exact) mass is 356 g/mol. The maximum Gasteiger partial charge on any atom is 0.310 e. The van der Waals surface area contributed by atoms with Crippen molar-refractivity contribution in [1.82, 2.24) is 0 Å². The summed E-state index contributed by atoms with van der Waals surface area (Å²) in [4.78, 5) is 25.7. The molecule has 0 spiro atoms. The zero-order valence-electron chi connectivity index (χ0n) is 18.3. The van der Waals surface area contributed by atoms with Crippen molar-refractivity contribution in [3.8, 4) is 0 Å². The minimum Gasteiger partial charge on any atom is -0.465 e. The molecule has 0 aliphatic rings. The quantitative estimate of drug-likeness (QED) is 0.621. The Morgan fingerprint density at radius 1 is 0.720 bits per heavy atom. The molecule has 25 heavy (non-hydrogen) atoms. The fraction of sp³-hybridized carbons (Fsp3) is 0.905. The molecule has 0 radical (unpaired) electrons. The number of carbonyl (C=O) groups is 2. The Balaban J connectivity index is 5.48. The zero-order chi connectivity index (χ0) is 20.2. The molecule has 0 heterocycles. The predicted molar refractivity (Wildman–Crippen MR) is 102 cm³/mol. The molecule has 0 aromatic heterocycles. The van der Waals surface area contributed by atoms with Crippen molar-refractivity contribution in [2.45, 2.75) is 76.2 Å². The molecule has 2 atom stereocenters. The van der Waals surface area contributed by atoms with Crippen LogP contribution >= 0.6 is 0 Å². The summed E-state index contributed by atoms with van der Waals surface area (Å²) in [5.74, 6) is -1.69. The summed E-state index contributed by atoms with van der Waals surface area (Å²) < 4.78 is 11.1. The van der Waals surface area contributed by atoms with E-state index in [1.54, 1.807) is 0 Å². The molecule has 0 aromatic rings. The van der Waals surface area contributed by atoms with Crippen LogP contribution in [0.2, 0.25) is 0 Å². The van der Waals surface area contributed by atoms with Gasteiger partial charge in [-0.1, -0.05) is 76.2 Å². The lowest BCUT2D eigenvalue weighted by molar-refractivity contribution is -0.170. The van der Waals surface area contributed by atoms with Gasteiger partial charge in [0.15, 0.2) is 0 Å². The Morgan fingerprint density at radius 3 is 1.36 bits per heavy atom. The third-order valence-corrected chi connectivity index (χ3v) is 3.83. The van der Waals surface area contributed by atoms with Crippen molar-refractivity contribution < 1.29 is 19.1 Å². The van der Waals surface area contributed by atoms with E-state index in [0.29, 0.717) is 13.2 Å². The highest BCUT2D eigenvalue weighted by molar-refractivity contribution is 5.83. The topological polar surface area (TPSA) is 52.6 Å². The molecule has 0 saturated heterocycles. The number of hydrogen-bond donors (Lipinski definition) is 0. The van der Waals surface area contributed by atoms with E-state index in [4.69, 9.17) is 9.47 Å². The molecule has 4 heteroatoms. The minimum absolute atomic E-state index is 0.0149. The average Bonchev–Trinajstić information content (AvgIpc) is 2.35. The fourth-order valence-corrected chi connectivity index (χ4v) is 2.59. The molecule has 2 unspecified atom stereocenters. The summed E-state index contributed by atoms with van der Waals surface area (Å²) in [6.07, 6.45) is 0. The molecule has 0 amide bonds. The number of esters is 2. The van der Waals surface area contributed by atoms with Crippen LogP contribution in [0.3, 0.4) is 0 Å². The van der Waals surface area contributed by atoms with Crippen LogP contribution in [0.4, 0.5) is 0 Å². The second-order valence-corrected chi connectivity index (χ2v) is 11.0. The zero-order valence-corrected chi connectivity index (χ0v) is 18.3. The Hall–Kier alpha value is -1.06. The first kappa shape index (κ1) is 23.9. The average molecular weight is 357 g/mol. The lowest BCUT2D eigenvalue weighted by Crippen LogP contribution is -2.44. The molecular weight excluding hydrogens is 316 g/mol. The highest BCUT2D eigenvalue weighted by Gasteiger charge is 2.45. The van der Waals surface area contributed by atoms with Gasteiger partial charge in [0.05, 0.1) is 25.0 Å². The van der Waals surface area contributed by atoms with Crippen molar-refractivity contribution in [3.63, 3.8) is 0 Å². The van der Waals surface area contributed by atoms with E-state index in [0.717, 1.165) is 0 Å². The summed E-state index contributed by atoms with van der Waals surface area (Å²) in [5.41, 5.74) is -0.621. The number of rotatable bonds is 6. The Bertz CT molecular complexity index is 444. The maximum absolute atomic E-state index is 12.9. The van der Waals surface area contributed by atoms with Crippen molar-refractivity contribution >= 4 is 11.9 Å².